The number of methoxy groups -OCH3 is 1. The molecule has 1 aromatic heterocycles. The van der Waals surface area contributed by atoms with Gasteiger partial charge in [0.25, 0.3) is 0 Å². The van der Waals surface area contributed by atoms with E-state index < -0.39 is 6.10 Å². The molecule has 1 saturated heterocycles. The fourth-order valence-electron chi connectivity index (χ4n) is 5.16. The molecule has 188 valence electrons. The van der Waals surface area contributed by atoms with Gasteiger partial charge in [0, 0.05) is 23.8 Å². The van der Waals surface area contributed by atoms with Gasteiger partial charge in [-0.25, -0.2) is 4.39 Å². The zero-order valence-corrected chi connectivity index (χ0v) is 21.0. The molecule has 0 spiro atoms. The van der Waals surface area contributed by atoms with Crippen molar-refractivity contribution in [2.75, 3.05) is 33.4 Å². The molecule has 1 unspecified atom stereocenters. The van der Waals surface area contributed by atoms with E-state index in [1.165, 1.54) is 6.07 Å². The second-order valence-corrected chi connectivity index (χ2v) is 10.1. The number of halogens is 2. The highest BCUT2D eigenvalue weighted by molar-refractivity contribution is 6.32. The smallest absolute Gasteiger partial charge is 0.123 e. The van der Waals surface area contributed by atoms with Gasteiger partial charge in [0.15, 0.2) is 0 Å². The van der Waals surface area contributed by atoms with Gasteiger partial charge in [-0.15, -0.1) is 0 Å². The molecule has 1 atom stereocenters. The highest BCUT2D eigenvalue weighted by atomic mass is 35.5. The number of benzene rings is 2. The first kappa shape index (κ1) is 25.8. The molecule has 5 nitrogen and oxygen atoms in total. The normalized spacial score (nSPS) is 16.9. The summed E-state index contributed by atoms with van der Waals surface area (Å²) in [5.74, 6) is 0.502. The molecule has 0 bridgehead atoms. The quantitative estimate of drug-likeness (QED) is 0.381. The van der Waals surface area contributed by atoms with Crippen LogP contribution in [-0.2, 0) is 6.42 Å². The molecule has 0 saturated carbocycles. The molecular formula is C28H34ClFN2O3. The van der Waals surface area contributed by atoms with Crippen molar-refractivity contribution in [1.29, 1.82) is 0 Å². The van der Waals surface area contributed by atoms with Crippen LogP contribution in [0.2, 0.25) is 5.02 Å². The number of likely N-dealkylation sites (tertiary alicyclic amines) is 1. The maximum absolute atomic E-state index is 13.4. The van der Waals surface area contributed by atoms with Crippen LogP contribution in [0.4, 0.5) is 4.39 Å². The molecule has 0 aliphatic carbocycles. The topological polar surface area (TPSA) is 65.8 Å². The predicted molar refractivity (Wildman–Crippen MR) is 137 cm³/mol. The number of aryl methyl sites for hydroxylation is 1. The van der Waals surface area contributed by atoms with E-state index in [2.05, 4.69) is 9.88 Å². The van der Waals surface area contributed by atoms with Crippen molar-refractivity contribution in [2.45, 2.75) is 44.6 Å². The third-order valence-electron chi connectivity index (χ3n) is 7.43. The predicted octanol–water partition coefficient (Wildman–Crippen LogP) is 5.56. The molecule has 3 aromatic rings. The minimum atomic E-state index is -0.757. The Morgan fingerprint density at radius 1 is 1.20 bits per heavy atom. The molecule has 4 rings (SSSR count). The number of aliphatic hydroxyl groups excluding tert-OH is 2. The summed E-state index contributed by atoms with van der Waals surface area (Å²) in [6.45, 7) is 2.89. The highest BCUT2D eigenvalue weighted by Gasteiger charge is 2.34. The van der Waals surface area contributed by atoms with Crippen molar-refractivity contribution < 1.29 is 19.3 Å². The molecule has 2 N–H and O–H groups in total. The van der Waals surface area contributed by atoms with Crippen molar-refractivity contribution in [3.8, 4) is 5.75 Å². The molecule has 7 heteroatoms. The van der Waals surface area contributed by atoms with Crippen LogP contribution in [0.3, 0.4) is 0 Å². The molecular weight excluding hydrogens is 467 g/mol. The molecule has 1 aliphatic heterocycles. The second kappa shape index (κ2) is 11.7. The van der Waals surface area contributed by atoms with Gasteiger partial charge in [0.05, 0.1) is 23.8 Å². The van der Waals surface area contributed by atoms with Crippen LogP contribution in [0.1, 0.15) is 49.3 Å². The first-order valence-corrected chi connectivity index (χ1v) is 12.7. The lowest BCUT2D eigenvalue weighted by Gasteiger charge is -2.41. The third kappa shape index (κ3) is 6.31. The number of aliphatic hydroxyl groups is 2. The number of hydrogen-bond donors (Lipinski definition) is 2. The van der Waals surface area contributed by atoms with Crippen LogP contribution in [-0.4, -0.2) is 53.4 Å². The van der Waals surface area contributed by atoms with Crippen LogP contribution in [0.5, 0.6) is 5.75 Å². The van der Waals surface area contributed by atoms with E-state index in [9.17, 15) is 14.6 Å². The SMILES string of the molecule is COc1ccc2ncc(Cl)c(C(O)CCC3(CO)CCN(CCCc4cccc(F)c4)CC3)c2c1. The lowest BCUT2D eigenvalue weighted by Crippen LogP contribution is -2.42. The highest BCUT2D eigenvalue weighted by Crippen LogP contribution is 2.40. The van der Waals surface area contributed by atoms with E-state index >= 15 is 0 Å². The minimum Gasteiger partial charge on any atom is -0.497 e. The van der Waals surface area contributed by atoms with Crippen molar-refractivity contribution >= 4 is 22.5 Å². The maximum atomic E-state index is 13.4. The van der Waals surface area contributed by atoms with Gasteiger partial charge in [-0.05, 0) is 99.5 Å². The standard InChI is InChI=1S/C28H34ClFN2O3/c1-35-22-7-8-25-23(17-22)27(24(29)18-31-25)26(34)9-10-28(19-33)11-14-32(15-12-28)13-3-5-20-4-2-6-21(30)16-20/h2,4,6-8,16-18,26,33-34H,3,5,9-15,19H2,1H3. The van der Waals surface area contributed by atoms with Crippen LogP contribution in [0, 0.1) is 11.2 Å². The molecule has 2 heterocycles. The van der Waals surface area contributed by atoms with E-state index in [0.717, 1.165) is 61.8 Å². The third-order valence-corrected chi connectivity index (χ3v) is 7.73. The van der Waals surface area contributed by atoms with Crippen molar-refractivity contribution in [1.82, 2.24) is 9.88 Å². The number of aromatic nitrogens is 1. The van der Waals surface area contributed by atoms with E-state index in [1.807, 2.05) is 24.3 Å². The molecule has 35 heavy (non-hydrogen) atoms. The average molecular weight is 501 g/mol. The van der Waals surface area contributed by atoms with E-state index in [0.29, 0.717) is 29.2 Å². The van der Waals surface area contributed by atoms with E-state index in [-0.39, 0.29) is 17.8 Å². The summed E-state index contributed by atoms with van der Waals surface area (Å²) in [4.78, 5) is 6.79. The van der Waals surface area contributed by atoms with E-state index in [4.69, 9.17) is 16.3 Å². The molecule has 2 aromatic carbocycles. The fraction of sp³-hybridized carbons (Fsp3) is 0.464. The Morgan fingerprint density at radius 2 is 2.00 bits per heavy atom. The Bertz CT molecular complexity index is 1130. The van der Waals surface area contributed by atoms with Crippen molar-refractivity contribution in [3.63, 3.8) is 0 Å². The number of fused-ring (bicyclic) bond motifs is 1. The number of pyridine rings is 1. The maximum Gasteiger partial charge on any atom is 0.123 e. The van der Waals surface area contributed by atoms with Gasteiger partial charge >= 0.3 is 0 Å². The molecule has 1 aliphatic rings. The Morgan fingerprint density at radius 3 is 2.71 bits per heavy atom. The second-order valence-electron chi connectivity index (χ2n) is 9.69. The fourth-order valence-corrected chi connectivity index (χ4v) is 5.43. The Kier molecular flexibility index (Phi) is 8.60. The van der Waals surface area contributed by atoms with Crippen molar-refractivity contribution in [2.24, 2.45) is 5.41 Å². The lowest BCUT2D eigenvalue weighted by atomic mass is 9.74. The molecule has 1 fully saturated rings. The van der Waals surface area contributed by atoms with Gasteiger partial charge < -0.3 is 19.8 Å². The van der Waals surface area contributed by atoms with Gasteiger partial charge in [-0.1, -0.05) is 23.7 Å². The Hall–Kier alpha value is -2.25. The molecule has 0 radical (unpaired) electrons. The minimum absolute atomic E-state index is 0.107. The number of nitrogens with zero attached hydrogens (tertiary/aromatic N) is 2. The van der Waals surface area contributed by atoms with Crippen LogP contribution < -0.4 is 4.74 Å². The summed E-state index contributed by atoms with van der Waals surface area (Å²) in [7, 11) is 1.61. The van der Waals surface area contributed by atoms with Gasteiger partial charge in [0.1, 0.15) is 11.6 Å². The summed E-state index contributed by atoms with van der Waals surface area (Å²) in [6.07, 6.45) is 5.65. The van der Waals surface area contributed by atoms with Gasteiger partial charge in [-0.2, -0.15) is 0 Å². The summed E-state index contributed by atoms with van der Waals surface area (Å²) >= 11 is 6.46. The zero-order chi connectivity index (χ0) is 24.8. The summed E-state index contributed by atoms with van der Waals surface area (Å²) in [5.41, 5.74) is 2.25. The van der Waals surface area contributed by atoms with Gasteiger partial charge in [0.2, 0.25) is 0 Å². The first-order valence-electron chi connectivity index (χ1n) is 12.3. The summed E-state index contributed by atoms with van der Waals surface area (Å²) in [5, 5.41) is 22.6. The number of ether oxygens (including phenoxy) is 1. The number of hydrogen-bond acceptors (Lipinski definition) is 5. The summed E-state index contributed by atoms with van der Waals surface area (Å²) in [6, 6.07) is 12.4. The number of piperidine rings is 1. The first-order chi connectivity index (χ1) is 16.9. The Balaban J connectivity index is 1.33. The van der Waals surface area contributed by atoms with Crippen LogP contribution >= 0.6 is 11.6 Å². The Labute approximate surface area is 211 Å². The summed E-state index contributed by atoms with van der Waals surface area (Å²) < 4.78 is 18.7. The van der Waals surface area contributed by atoms with E-state index in [1.54, 1.807) is 25.4 Å². The monoisotopic (exact) mass is 500 g/mol. The number of rotatable bonds is 10. The zero-order valence-electron chi connectivity index (χ0n) is 20.2. The van der Waals surface area contributed by atoms with Crippen LogP contribution in [0.25, 0.3) is 10.9 Å². The van der Waals surface area contributed by atoms with Gasteiger partial charge in [-0.3, -0.25) is 4.98 Å². The average Bonchev–Trinajstić information content (AvgIpc) is 2.88. The van der Waals surface area contributed by atoms with Crippen molar-refractivity contribution in [3.05, 3.63) is 70.6 Å². The van der Waals surface area contributed by atoms with Crippen LogP contribution in [0.15, 0.2) is 48.7 Å². The molecule has 0 amide bonds. The largest absolute Gasteiger partial charge is 0.497 e. The lowest BCUT2D eigenvalue weighted by molar-refractivity contribution is 0.0234.